The Balaban J connectivity index is 1.16. The van der Waals surface area contributed by atoms with Crippen molar-refractivity contribution >= 4 is 61.5 Å². The molecule has 0 bridgehead atoms. The Morgan fingerprint density at radius 1 is 1.00 bits per heavy atom. The van der Waals surface area contributed by atoms with Crippen LogP contribution in [0.2, 0.25) is 10.0 Å². The van der Waals surface area contributed by atoms with Crippen molar-refractivity contribution in [2.75, 3.05) is 49.1 Å². The summed E-state index contributed by atoms with van der Waals surface area (Å²) in [6.07, 6.45) is 1.62. The van der Waals surface area contributed by atoms with Gasteiger partial charge >= 0.3 is 0 Å². The third-order valence-electron chi connectivity index (χ3n) is 6.32. The summed E-state index contributed by atoms with van der Waals surface area (Å²) >= 11 is 14.0. The van der Waals surface area contributed by atoms with Crippen LogP contribution in [0.1, 0.15) is 12.8 Å². The van der Waals surface area contributed by atoms with Gasteiger partial charge in [-0.05, 0) is 43.2 Å². The van der Waals surface area contributed by atoms with Crippen LogP contribution in [-0.2, 0) is 4.79 Å². The van der Waals surface area contributed by atoms with Gasteiger partial charge in [0.05, 0.1) is 25.9 Å². The minimum Gasteiger partial charge on any atom is -0.367 e. The van der Waals surface area contributed by atoms with Gasteiger partial charge in [-0.15, -0.1) is 0 Å². The maximum atomic E-state index is 13.5. The molecule has 0 spiro atoms. The van der Waals surface area contributed by atoms with Crippen molar-refractivity contribution in [3.8, 4) is 0 Å². The predicted octanol–water partition coefficient (Wildman–Crippen LogP) is 5.31. The van der Waals surface area contributed by atoms with Gasteiger partial charge in [0, 0.05) is 45.2 Å². The molecule has 2 aliphatic rings. The Kier molecular flexibility index (Phi) is 6.14. The molecule has 5 rings (SSSR count). The van der Waals surface area contributed by atoms with E-state index in [1.165, 1.54) is 23.5 Å². The fraction of sp³-hybridized carbons (Fsp3) is 0.391. The van der Waals surface area contributed by atoms with Crippen LogP contribution in [0.5, 0.6) is 0 Å². The second-order valence-electron chi connectivity index (χ2n) is 8.26. The lowest BCUT2D eigenvalue weighted by molar-refractivity contribution is -0.136. The van der Waals surface area contributed by atoms with Crippen molar-refractivity contribution in [1.29, 1.82) is 0 Å². The first-order chi connectivity index (χ1) is 15.5. The molecule has 3 aromatic rings. The molecule has 32 heavy (non-hydrogen) atoms. The van der Waals surface area contributed by atoms with Crippen molar-refractivity contribution < 1.29 is 9.18 Å². The van der Waals surface area contributed by atoms with E-state index in [2.05, 4.69) is 14.8 Å². The first-order valence-electron chi connectivity index (χ1n) is 10.8. The summed E-state index contributed by atoms with van der Waals surface area (Å²) in [6.45, 7) is 4.43. The molecule has 0 unspecified atom stereocenters. The van der Waals surface area contributed by atoms with Gasteiger partial charge in [-0.25, -0.2) is 9.37 Å². The van der Waals surface area contributed by atoms with E-state index in [-0.39, 0.29) is 17.6 Å². The molecule has 0 atom stereocenters. The third-order valence-corrected chi connectivity index (χ3v) is 8.21. The molecule has 3 heterocycles. The second kappa shape index (κ2) is 9.04. The molecule has 5 nitrogen and oxygen atoms in total. The fourth-order valence-corrected chi connectivity index (χ4v) is 5.96. The number of halogens is 3. The van der Waals surface area contributed by atoms with Crippen molar-refractivity contribution in [2.45, 2.75) is 12.8 Å². The number of hydrogen-bond acceptors (Lipinski definition) is 5. The van der Waals surface area contributed by atoms with Gasteiger partial charge in [-0.1, -0.05) is 40.6 Å². The largest absolute Gasteiger partial charge is 0.367 e. The average molecular weight is 493 g/mol. The Morgan fingerprint density at radius 2 is 1.75 bits per heavy atom. The summed E-state index contributed by atoms with van der Waals surface area (Å²) in [4.78, 5) is 24.2. The highest BCUT2D eigenvalue weighted by atomic mass is 35.5. The van der Waals surface area contributed by atoms with Crippen LogP contribution < -0.4 is 9.80 Å². The number of rotatable bonds is 3. The number of nitrogens with zero attached hydrogens (tertiary/aromatic N) is 4. The van der Waals surface area contributed by atoms with Gasteiger partial charge in [0.1, 0.15) is 5.82 Å². The van der Waals surface area contributed by atoms with Crippen LogP contribution in [0.4, 0.5) is 15.2 Å². The van der Waals surface area contributed by atoms with Crippen LogP contribution in [0, 0.1) is 11.7 Å². The molecule has 0 aliphatic carbocycles. The maximum absolute atomic E-state index is 13.5. The average Bonchev–Trinajstić information content (AvgIpc) is 3.24. The topological polar surface area (TPSA) is 39.7 Å². The number of carbonyl (C=O) groups is 1. The molecule has 0 N–H and O–H groups in total. The molecular formula is C23H23Cl2FN4OS. The van der Waals surface area contributed by atoms with Crippen LogP contribution in [-0.4, -0.2) is 55.1 Å². The van der Waals surface area contributed by atoms with Crippen molar-refractivity contribution in [2.24, 2.45) is 5.92 Å². The first kappa shape index (κ1) is 21.7. The highest BCUT2D eigenvalue weighted by Crippen LogP contribution is 2.34. The van der Waals surface area contributed by atoms with E-state index in [1.807, 2.05) is 17.0 Å². The Hall–Kier alpha value is -2.09. The molecule has 0 saturated carbocycles. The van der Waals surface area contributed by atoms with Gasteiger partial charge < -0.3 is 14.7 Å². The number of benzene rings is 2. The zero-order chi connectivity index (χ0) is 22.2. The first-order valence-corrected chi connectivity index (χ1v) is 12.4. The van der Waals surface area contributed by atoms with E-state index < -0.39 is 0 Å². The molecule has 0 radical (unpaired) electrons. The quantitative estimate of drug-likeness (QED) is 0.496. The molecule has 2 aromatic carbocycles. The lowest BCUT2D eigenvalue weighted by Gasteiger charge is -2.39. The van der Waals surface area contributed by atoms with Gasteiger partial charge in [0.2, 0.25) is 5.91 Å². The molecule has 2 saturated heterocycles. The molecule has 9 heteroatoms. The number of hydrogen-bond donors (Lipinski definition) is 0. The number of anilines is 2. The van der Waals surface area contributed by atoms with Crippen LogP contribution >= 0.6 is 34.5 Å². The van der Waals surface area contributed by atoms with E-state index in [1.54, 1.807) is 12.1 Å². The molecule has 2 aliphatic heterocycles. The lowest BCUT2D eigenvalue weighted by atomic mass is 9.95. The Bertz CT molecular complexity index is 1140. The highest BCUT2D eigenvalue weighted by Gasteiger charge is 2.31. The lowest BCUT2D eigenvalue weighted by Crippen LogP contribution is -2.51. The van der Waals surface area contributed by atoms with E-state index in [4.69, 9.17) is 23.2 Å². The van der Waals surface area contributed by atoms with Crippen LogP contribution in [0.15, 0.2) is 36.4 Å². The summed E-state index contributed by atoms with van der Waals surface area (Å²) in [5.74, 6) is 0.0435. The number of carbonyl (C=O) groups excluding carboxylic acids is 1. The standard InChI is InChI=1S/C23H23Cl2FN4OS/c24-17-2-1-3-19(21(17)25)28-10-12-29(13-11-28)22(31)15-6-8-30(9-7-15)23-27-18-5-4-16(26)14-20(18)32-23/h1-5,14-15H,6-13H2. The minimum atomic E-state index is -0.241. The number of amides is 1. The van der Waals surface area contributed by atoms with E-state index in [0.29, 0.717) is 23.1 Å². The zero-order valence-corrected chi connectivity index (χ0v) is 19.8. The normalized spacial score (nSPS) is 17.9. The number of piperidine rings is 1. The molecule has 1 aromatic heterocycles. The van der Waals surface area contributed by atoms with Gasteiger partial charge in [0.25, 0.3) is 0 Å². The molecule has 1 amide bonds. The SMILES string of the molecule is O=C(C1CCN(c2nc3ccc(F)cc3s2)CC1)N1CCN(c2cccc(Cl)c2Cl)CC1. The minimum absolute atomic E-state index is 0.0411. The number of thiazole rings is 1. The van der Waals surface area contributed by atoms with E-state index >= 15 is 0 Å². The summed E-state index contributed by atoms with van der Waals surface area (Å²) in [6, 6.07) is 10.3. The van der Waals surface area contributed by atoms with Crippen molar-refractivity contribution in [3.63, 3.8) is 0 Å². The summed E-state index contributed by atoms with van der Waals surface area (Å²) in [7, 11) is 0. The maximum Gasteiger partial charge on any atom is 0.225 e. The summed E-state index contributed by atoms with van der Waals surface area (Å²) in [5.41, 5.74) is 1.75. The number of aromatic nitrogens is 1. The van der Waals surface area contributed by atoms with E-state index in [0.717, 1.165) is 60.1 Å². The molecule has 2 fully saturated rings. The number of piperazine rings is 1. The van der Waals surface area contributed by atoms with Gasteiger partial charge in [-0.3, -0.25) is 4.79 Å². The third kappa shape index (κ3) is 4.26. The van der Waals surface area contributed by atoms with Crippen molar-refractivity contribution in [1.82, 2.24) is 9.88 Å². The zero-order valence-electron chi connectivity index (χ0n) is 17.4. The monoisotopic (exact) mass is 492 g/mol. The van der Waals surface area contributed by atoms with Crippen molar-refractivity contribution in [3.05, 3.63) is 52.3 Å². The smallest absolute Gasteiger partial charge is 0.225 e. The molecule has 168 valence electrons. The number of fused-ring (bicyclic) bond motifs is 1. The fourth-order valence-electron chi connectivity index (χ4n) is 4.50. The Labute approximate surface area is 200 Å². The van der Waals surface area contributed by atoms with Gasteiger partial charge in [0.15, 0.2) is 5.13 Å². The van der Waals surface area contributed by atoms with Crippen LogP contribution in [0.25, 0.3) is 10.2 Å². The summed E-state index contributed by atoms with van der Waals surface area (Å²) in [5, 5.41) is 2.02. The van der Waals surface area contributed by atoms with Gasteiger partial charge in [-0.2, -0.15) is 0 Å². The van der Waals surface area contributed by atoms with E-state index in [9.17, 15) is 9.18 Å². The second-order valence-corrected chi connectivity index (χ2v) is 10.0. The molecular weight excluding hydrogens is 470 g/mol. The predicted molar refractivity (Wildman–Crippen MR) is 130 cm³/mol. The Morgan fingerprint density at radius 3 is 2.50 bits per heavy atom. The highest BCUT2D eigenvalue weighted by molar-refractivity contribution is 7.22. The summed E-state index contributed by atoms with van der Waals surface area (Å²) < 4.78 is 14.3. The van der Waals surface area contributed by atoms with Crippen LogP contribution in [0.3, 0.4) is 0 Å².